The van der Waals surface area contributed by atoms with Crippen LogP contribution in [0.5, 0.6) is 0 Å². The molecule has 0 radical (unpaired) electrons. The summed E-state index contributed by atoms with van der Waals surface area (Å²) in [5, 5.41) is 2.62. The number of carbonyl (C=O) groups excluding carboxylic acids is 9. The molecule has 3 aliphatic heterocycles. The van der Waals surface area contributed by atoms with Gasteiger partial charge in [-0.05, 0) is 47.1 Å². The van der Waals surface area contributed by atoms with Crippen molar-refractivity contribution < 1.29 is 81.0 Å². The molecule has 306 valence electrons. The summed E-state index contributed by atoms with van der Waals surface area (Å²) in [7, 11) is 6.58. The Hall–Kier alpha value is -5.11. The van der Waals surface area contributed by atoms with Crippen molar-refractivity contribution in [2.24, 2.45) is 0 Å². The molecule has 3 heterocycles. The molecule has 19 nitrogen and oxygen atoms in total. The summed E-state index contributed by atoms with van der Waals surface area (Å²) in [4.78, 5) is 103. The van der Waals surface area contributed by atoms with Crippen LogP contribution in [-0.4, -0.2) is 140 Å². The SMILES string of the molecule is COCCN(C)CCOC(=O)CCC1=C(C)C(=O)OC1=O.COCCNC(=O)CCC1=C(C)C(=O)OC1=O.COCCOC(=O)CCC1=C(C)C(=O)OC1=O. The second-order valence-electron chi connectivity index (χ2n) is 11.9. The lowest BCUT2D eigenvalue weighted by Crippen LogP contribution is -2.27. The normalized spacial score (nSPS) is 15.1. The first-order valence-corrected chi connectivity index (χ1v) is 17.2. The van der Waals surface area contributed by atoms with Crippen LogP contribution in [0.3, 0.4) is 0 Å². The number of hydrogen-bond donors (Lipinski definition) is 1. The molecular weight excluding hydrogens is 732 g/mol. The van der Waals surface area contributed by atoms with E-state index in [-0.39, 0.29) is 85.5 Å². The van der Waals surface area contributed by atoms with Gasteiger partial charge in [-0.1, -0.05) is 0 Å². The summed E-state index contributed by atoms with van der Waals surface area (Å²) >= 11 is 0. The van der Waals surface area contributed by atoms with Gasteiger partial charge in [0.15, 0.2) is 0 Å². The second kappa shape index (κ2) is 25.8. The van der Waals surface area contributed by atoms with Crippen molar-refractivity contribution in [3.8, 4) is 0 Å². The van der Waals surface area contributed by atoms with Crippen molar-refractivity contribution in [2.45, 2.75) is 59.3 Å². The van der Waals surface area contributed by atoms with Gasteiger partial charge >= 0.3 is 47.8 Å². The fraction of sp³-hybridized carbons (Fsp3) is 0.583. The topological polar surface area (TPSA) is 243 Å². The number of carbonyl (C=O) groups is 9. The van der Waals surface area contributed by atoms with Gasteiger partial charge in [0.05, 0.1) is 19.8 Å². The molecule has 0 spiro atoms. The quantitative estimate of drug-likeness (QED) is 0.0724. The Morgan fingerprint density at radius 1 is 0.527 bits per heavy atom. The molecule has 0 aromatic carbocycles. The van der Waals surface area contributed by atoms with E-state index in [2.05, 4.69) is 19.5 Å². The maximum atomic E-state index is 11.6. The number of ether oxygens (including phenoxy) is 8. The minimum absolute atomic E-state index is 0.0404. The molecule has 0 fully saturated rings. The Morgan fingerprint density at radius 2 is 0.909 bits per heavy atom. The lowest BCUT2D eigenvalue weighted by molar-refractivity contribution is -0.153. The Bertz CT molecular complexity index is 1470. The minimum Gasteiger partial charge on any atom is -0.464 e. The highest BCUT2D eigenvalue weighted by Crippen LogP contribution is 2.23. The van der Waals surface area contributed by atoms with Crippen molar-refractivity contribution in [3.05, 3.63) is 33.4 Å². The largest absolute Gasteiger partial charge is 0.464 e. The maximum absolute atomic E-state index is 11.6. The molecule has 1 amide bonds. The van der Waals surface area contributed by atoms with Crippen LogP contribution in [0.2, 0.25) is 0 Å². The van der Waals surface area contributed by atoms with Crippen LogP contribution in [0.25, 0.3) is 0 Å². The third-order valence-electron chi connectivity index (χ3n) is 7.92. The second-order valence-corrected chi connectivity index (χ2v) is 11.9. The highest BCUT2D eigenvalue weighted by molar-refractivity contribution is 6.13. The molecule has 55 heavy (non-hydrogen) atoms. The van der Waals surface area contributed by atoms with Crippen molar-refractivity contribution in [3.63, 3.8) is 0 Å². The van der Waals surface area contributed by atoms with E-state index in [4.69, 9.17) is 23.7 Å². The molecule has 0 atom stereocenters. The van der Waals surface area contributed by atoms with Crippen molar-refractivity contribution in [1.29, 1.82) is 0 Å². The summed E-state index contributed by atoms with van der Waals surface area (Å²) in [5.74, 6) is -4.89. The zero-order valence-electron chi connectivity index (χ0n) is 32.3. The first kappa shape index (κ1) is 47.9. The van der Waals surface area contributed by atoms with Gasteiger partial charge in [-0.25, -0.2) is 28.8 Å². The van der Waals surface area contributed by atoms with Crippen LogP contribution in [0, 0.1) is 0 Å². The number of amides is 1. The molecule has 0 aliphatic carbocycles. The van der Waals surface area contributed by atoms with Crippen LogP contribution >= 0.6 is 0 Å². The van der Waals surface area contributed by atoms with Crippen molar-refractivity contribution >= 4 is 53.7 Å². The molecule has 19 heteroatoms. The van der Waals surface area contributed by atoms with E-state index < -0.39 is 47.8 Å². The number of cyclic esters (lactones) is 6. The first-order valence-electron chi connectivity index (χ1n) is 17.2. The molecule has 0 saturated heterocycles. The third kappa shape index (κ3) is 17.7. The lowest BCUT2D eigenvalue weighted by atomic mass is 10.1. The molecular formula is C36H50N2O17. The first-order chi connectivity index (χ1) is 26.1. The van der Waals surface area contributed by atoms with Gasteiger partial charge in [-0.2, -0.15) is 0 Å². The van der Waals surface area contributed by atoms with E-state index in [1.165, 1.54) is 27.9 Å². The number of esters is 8. The summed E-state index contributed by atoms with van der Waals surface area (Å²) < 4.78 is 37.6. The summed E-state index contributed by atoms with van der Waals surface area (Å²) in [6.45, 7) is 8.16. The number of rotatable bonds is 21. The number of nitrogens with one attached hydrogen (secondary N) is 1. The van der Waals surface area contributed by atoms with E-state index in [0.29, 0.717) is 38.5 Å². The number of methoxy groups -OCH3 is 3. The van der Waals surface area contributed by atoms with Crippen molar-refractivity contribution in [1.82, 2.24) is 10.2 Å². The molecule has 0 aromatic heterocycles. The molecule has 0 unspecified atom stereocenters. The fourth-order valence-electron chi connectivity index (χ4n) is 4.50. The highest BCUT2D eigenvalue weighted by atomic mass is 16.6. The standard InChI is InChI=1S/C14H21NO6.C11H15NO5.C11H14O6/c1-10-11(14(18)21-13(10)17)4-5-12(16)20-9-7-15(2)6-8-19-3;1-7-8(11(15)17-10(7)14)3-4-9(13)12-5-6-16-2;1-7-8(11(14)17-10(7)13)3-4-9(12)16-6-5-15-2/h4-9H2,1-3H3;3-6H2,1-2H3,(H,12,13);3-6H2,1-2H3. The zero-order chi connectivity index (χ0) is 41.5. The average Bonchev–Trinajstić information content (AvgIpc) is 3.64. The van der Waals surface area contributed by atoms with E-state index in [1.54, 1.807) is 14.2 Å². The minimum atomic E-state index is -0.669. The van der Waals surface area contributed by atoms with Crippen LogP contribution in [0.4, 0.5) is 0 Å². The van der Waals surface area contributed by atoms with Gasteiger partial charge in [-0.3, -0.25) is 14.4 Å². The zero-order valence-corrected chi connectivity index (χ0v) is 32.3. The molecule has 3 aliphatic rings. The number of nitrogens with zero attached hydrogens (tertiary/aromatic N) is 1. The summed E-state index contributed by atoms with van der Waals surface area (Å²) in [5.41, 5.74) is 1.62. The van der Waals surface area contributed by atoms with Gasteiger partial charge in [0.2, 0.25) is 5.91 Å². The van der Waals surface area contributed by atoms with Crippen molar-refractivity contribution in [2.75, 3.05) is 81.0 Å². The van der Waals surface area contributed by atoms with Gasteiger partial charge in [0, 0.05) is 93.7 Å². The average molecular weight is 783 g/mol. The van der Waals surface area contributed by atoms with E-state index in [0.717, 1.165) is 6.54 Å². The fourth-order valence-corrected chi connectivity index (χ4v) is 4.50. The van der Waals surface area contributed by atoms with E-state index in [1.807, 2.05) is 11.9 Å². The molecule has 3 rings (SSSR count). The molecule has 0 saturated carbocycles. The Morgan fingerprint density at radius 3 is 1.29 bits per heavy atom. The predicted molar refractivity (Wildman–Crippen MR) is 187 cm³/mol. The van der Waals surface area contributed by atoms with Crippen LogP contribution in [-0.2, 0) is 81.0 Å². The molecule has 0 aromatic rings. The monoisotopic (exact) mass is 782 g/mol. The highest BCUT2D eigenvalue weighted by Gasteiger charge is 2.31. The van der Waals surface area contributed by atoms with Gasteiger partial charge < -0.3 is 48.1 Å². The smallest absolute Gasteiger partial charge is 0.342 e. The Kier molecular flexibility index (Phi) is 22.5. The molecule has 0 bridgehead atoms. The van der Waals surface area contributed by atoms with Gasteiger partial charge in [0.25, 0.3) is 0 Å². The molecule has 1 N–H and O–H groups in total. The number of hydrogen-bond acceptors (Lipinski definition) is 18. The van der Waals surface area contributed by atoms with Crippen LogP contribution in [0.1, 0.15) is 59.3 Å². The Labute approximate surface area is 318 Å². The van der Waals surface area contributed by atoms with Crippen LogP contribution < -0.4 is 5.32 Å². The van der Waals surface area contributed by atoms with Gasteiger partial charge in [-0.15, -0.1) is 0 Å². The Balaban J connectivity index is 0.000000416. The number of likely N-dealkylation sites (N-methyl/N-ethyl adjacent to an activating group) is 1. The van der Waals surface area contributed by atoms with Crippen LogP contribution in [0.15, 0.2) is 33.4 Å². The predicted octanol–water partition coefficient (Wildman–Crippen LogP) is 0.573. The van der Waals surface area contributed by atoms with E-state index >= 15 is 0 Å². The van der Waals surface area contributed by atoms with E-state index in [9.17, 15) is 43.2 Å². The van der Waals surface area contributed by atoms with Gasteiger partial charge in [0.1, 0.15) is 13.2 Å². The maximum Gasteiger partial charge on any atom is 0.342 e. The lowest BCUT2D eigenvalue weighted by Gasteiger charge is -2.15. The third-order valence-corrected chi connectivity index (χ3v) is 7.92. The summed E-state index contributed by atoms with van der Waals surface area (Å²) in [6, 6.07) is 0. The summed E-state index contributed by atoms with van der Waals surface area (Å²) in [6.07, 6.45) is 0.778.